The zero-order valence-electron chi connectivity index (χ0n) is 10.4. The van der Waals surface area contributed by atoms with Gasteiger partial charge in [0.05, 0.1) is 11.6 Å². The Morgan fingerprint density at radius 3 is 2.69 bits per heavy atom. The molecule has 0 aliphatic carbocycles. The summed E-state index contributed by atoms with van der Waals surface area (Å²) in [5, 5.41) is 6.99. The van der Waals surface area contributed by atoms with E-state index >= 15 is 0 Å². The predicted molar refractivity (Wildman–Crippen MR) is 62.6 cm³/mol. The van der Waals surface area contributed by atoms with Crippen LogP contribution in [0.15, 0.2) is 6.20 Å². The molecule has 0 radical (unpaired) electrons. The van der Waals surface area contributed by atoms with E-state index in [1.54, 1.807) is 10.9 Å². The molecule has 0 fully saturated rings. The Bertz CT molecular complexity index is 381. The van der Waals surface area contributed by atoms with Gasteiger partial charge < -0.3 is 11.1 Å². The van der Waals surface area contributed by atoms with Gasteiger partial charge in [-0.1, -0.05) is 0 Å². The number of nitrogens with one attached hydrogen (secondary N) is 1. The number of carbonyl (C=O) groups excluding carboxylic acids is 1. The topological polar surface area (TPSA) is 72.9 Å². The highest BCUT2D eigenvalue weighted by Crippen LogP contribution is 2.13. The van der Waals surface area contributed by atoms with Crippen LogP contribution in [0.4, 0.5) is 0 Å². The minimum atomic E-state index is -0.518. The van der Waals surface area contributed by atoms with E-state index in [4.69, 9.17) is 5.73 Å². The van der Waals surface area contributed by atoms with Crippen molar-refractivity contribution in [2.75, 3.05) is 6.54 Å². The molecular weight excluding hydrogens is 204 g/mol. The Hall–Kier alpha value is -1.36. The van der Waals surface area contributed by atoms with E-state index in [-0.39, 0.29) is 5.91 Å². The maximum atomic E-state index is 11.8. The van der Waals surface area contributed by atoms with E-state index in [0.29, 0.717) is 13.1 Å². The molecule has 0 spiro atoms. The van der Waals surface area contributed by atoms with Crippen LogP contribution in [-0.4, -0.2) is 22.2 Å². The second-order valence-corrected chi connectivity index (χ2v) is 4.65. The Labute approximate surface area is 96.0 Å². The first-order valence-electron chi connectivity index (χ1n) is 5.34. The lowest BCUT2D eigenvalue weighted by Crippen LogP contribution is -2.41. The van der Waals surface area contributed by atoms with Crippen molar-refractivity contribution in [1.82, 2.24) is 15.1 Å². The highest BCUT2D eigenvalue weighted by Gasteiger charge is 2.25. The minimum absolute atomic E-state index is 0.0294. The number of carbonyl (C=O) groups is 1. The summed E-state index contributed by atoms with van der Waals surface area (Å²) in [4.78, 5) is 11.8. The molecule has 1 aromatic rings. The fraction of sp³-hybridized carbons (Fsp3) is 0.636. The van der Waals surface area contributed by atoms with Gasteiger partial charge in [0.15, 0.2) is 0 Å². The third-order valence-electron chi connectivity index (χ3n) is 2.90. The first kappa shape index (κ1) is 12.7. The highest BCUT2D eigenvalue weighted by molar-refractivity contribution is 5.82. The second-order valence-electron chi connectivity index (χ2n) is 4.65. The number of aromatic nitrogens is 2. The van der Waals surface area contributed by atoms with Crippen LogP contribution < -0.4 is 11.1 Å². The lowest BCUT2D eigenvalue weighted by Gasteiger charge is -2.21. The summed E-state index contributed by atoms with van der Waals surface area (Å²) in [6.07, 6.45) is 1.77. The molecule has 1 amide bonds. The van der Waals surface area contributed by atoms with Crippen molar-refractivity contribution >= 4 is 5.91 Å². The maximum Gasteiger partial charge on any atom is 0.227 e. The van der Waals surface area contributed by atoms with E-state index < -0.39 is 5.41 Å². The van der Waals surface area contributed by atoms with Crippen LogP contribution in [0, 0.1) is 12.3 Å². The average molecular weight is 224 g/mol. The average Bonchev–Trinajstić information content (AvgIpc) is 2.56. The number of hydrogen-bond donors (Lipinski definition) is 2. The zero-order chi connectivity index (χ0) is 12.3. The summed E-state index contributed by atoms with van der Waals surface area (Å²) in [5.41, 5.74) is 7.11. The molecular formula is C11H20N4O. The molecule has 1 heterocycles. The predicted octanol–water partition coefficient (Wildman–Crippen LogP) is 0.330. The van der Waals surface area contributed by atoms with Gasteiger partial charge in [0, 0.05) is 31.4 Å². The summed E-state index contributed by atoms with van der Waals surface area (Å²) in [5.74, 6) is -0.0294. The molecule has 0 saturated heterocycles. The standard InChI is InChI=1S/C11H20N4O/c1-8-9(6-14-15(8)4)5-13-10(16)11(2,3)7-12/h6H,5,7,12H2,1-4H3,(H,13,16). The Kier molecular flexibility index (Phi) is 3.70. The van der Waals surface area contributed by atoms with Gasteiger partial charge >= 0.3 is 0 Å². The number of aryl methyl sites for hydroxylation is 1. The molecule has 0 aliphatic heterocycles. The van der Waals surface area contributed by atoms with E-state index in [1.165, 1.54) is 0 Å². The van der Waals surface area contributed by atoms with Crippen molar-refractivity contribution in [1.29, 1.82) is 0 Å². The number of rotatable bonds is 4. The molecule has 3 N–H and O–H groups in total. The molecule has 5 nitrogen and oxygen atoms in total. The van der Waals surface area contributed by atoms with Crippen molar-refractivity contribution in [3.63, 3.8) is 0 Å². The minimum Gasteiger partial charge on any atom is -0.351 e. The molecule has 0 atom stereocenters. The fourth-order valence-corrected chi connectivity index (χ4v) is 1.23. The largest absolute Gasteiger partial charge is 0.351 e. The quantitative estimate of drug-likeness (QED) is 0.774. The molecule has 0 aliphatic rings. The lowest BCUT2D eigenvalue weighted by atomic mass is 9.92. The van der Waals surface area contributed by atoms with Gasteiger partial charge in [-0.2, -0.15) is 5.10 Å². The second kappa shape index (κ2) is 4.65. The van der Waals surface area contributed by atoms with Crippen LogP contribution in [0.3, 0.4) is 0 Å². The summed E-state index contributed by atoms with van der Waals surface area (Å²) < 4.78 is 1.79. The molecule has 90 valence electrons. The van der Waals surface area contributed by atoms with E-state index in [0.717, 1.165) is 11.3 Å². The monoisotopic (exact) mass is 224 g/mol. The normalized spacial score (nSPS) is 11.6. The number of amides is 1. The molecule has 0 bridgehead atoms. The van der Waals surface area contributed by atoms with Gasteiger partial charge in [-0.05, 0) is 20.8 Å². The summed E-state index contributed by atoms with van der Waals surface area (Å²) in [7, 11) is 1.88. The first-order valence-corrected chi connectivity index (χ1v) is 5.34. The van der Waals surface area contributed by atoms with Crippen LogP contribution in [0.2, 0.25) is 0 Å². The van der Waals surface area contributed by atoms with Crippen LogP contribution in [0.5, 0.6) is 0 Å². The summed E-state index contributed by atoms with van der Waals surface area (Å²) >= 11 is 0. The van der Waals surface area contributed by atoms with Gasteiger partial charge in [-0.25, -0.2) is 0 Å². The summed E-state index contributed by atoms with van der Waals surface area (Å²) in [6.45, 7) is 6.48. The number of nitrogens with zero attached hydrogens (tertiary/aromatic N) is 2. The van der Waals surface area contributed by atoms with Crippen molar-refractivity contribution < 1.29 is 4.79 Å². The summed E-state index contributed by atoms with van der Waals surface area (Å²) in [6, 6.07) is 0. The van der Waals surface area contributed by atoms with Crippen molar-refractivity contribution in [3.8, 4) is 0 Å². The Morgan fingerprint density at radius 2 is 2.25 bits per heavy atom. The molecule has 5 heteroatoms. The fourth-order valence-electron chi connectivity index (χ4n) is 1.23. The van der Waals surface area contributed by atoms with E-state index in [1.807, 2.05) is 27.8 Å². The van der Waals surface area contributed by atoms with Crippen molar-refractivity contribution in [2.45, 2.75) is 27.3 Å². The molecule has 0 aromatic carbocycles. The molecule has 1 aromatic heterocycles. The first-order chi connectivity index (χ1) is 7.38. The number of hydrogen-bond acceptors (Lipinski definition) is 3. The third-order valence-corrected chi connectivity index (χ3v) is 2.90. The lowest BCUT2D eigenvalue weighted by molar-refractivity contribution is -0.129. The van der Waals surface area contributed by atoms with Crippen molar-refractivity contribution in [2.24, 2.45) is 18.2 Å². The van der Waals surface area contributed by atoms with E-state index in [2.05, 4.69) is 10.4 Å². The molecule has 1 rings (SSSR count). The van der Waals surface area contributed by atoms with E-state index in [9.17, 15) is 4.79 Å². The SMILES string of the molecule is Cc1c(CNC(=O)C(C)(C)CN)cnn1C. The zero-order valence-corrected chi connectivity index (χ0v) is 10.4. The third kappa shape index (κ3) is 2.61. The highest BCUT2D eigenvalue weighted by atomic mass is 16.2. The van der Waals surface area contributed by atoms with Gasteiger partial charge in [-0.15, -0.1) is 0 Å². The molecule has 0 saturated carbocycles. The van der Waals surface area contributed by atoms with Gasteiger partial charge in [0.25, 0.3) is 0 Å². The maximum absolute atomic E-state index is 11.8. The van der Waals surface area contributed by atoms with Crippen LogP contribution in [-0.2, 0) is 18.4 Å². The van der Waals surface area contributed by atoms with Crippen molar-refractivity contribution in [3.05, 3.63) is 17.5 Å². The van der Waals surface area contributed by atoms with Crippen LogP contribution in [0.1, 0.15) is 25.1 Å². The Morgan fingerprint density at radius 1 is 1.62 bits per heavy atom. The van der Waals surface area contributed by atoms with Crippen LogP contribution >= 0.6 is 0 Å². The Balaban J connectivity index is 2.59. The van der Waals surface area contributed by atoms with Crippen LogP contribution in [0.25, 0.3) is 0 Å². The molecule has 0 unspecified atom stereocenters. The van der Waals surface area contributed by atoms with Gasteiger partial charge in [0.1, 0.15) is 0 Å². The molecule has 16 heavy (non-hydrogen) atoms. The number of nitrogens with two attached hydrogens (primary N) is 1. The van der Waals surface area contributed by atoms with Gasteiger partial charge in [0.2, 0.25) is 5.91 Å². The van der Waals surface area contributed by atoms with Gasteiger partial charge in [-0.3, -0.25) is 9.48 Å². The smallest absolute Gasteiger partial charge is 0.227 e.